The molecule has 33 heavy (non-hydrogen) atoms. The summed E-state index contributed by atoms with van der Waals surface area (Å²) in [4.78, 5) is 26.3. The number of halogens is 1. The van der Waals surface area contributed by atoms with E-state index in [4.69, 9.17) is 21.1 Å². The molecule has 9 heteroatoms. The molecule has 0 radical (unpaired) electrons. The molecule has 0 unspecified atom stereocenters. The van der Waals surface area contributed by atoms with Gasteiger partial charge in [0.25, 0.3) is 0 Å². The Morgan fingerprint density at radius 3 is 2.09 bits per heavy atom. The van der Waals surface area contributed by atoms with Gasteiger partial charge in [-0.1, -0.05) is 41.4 Å². The molecule has 0 aromatic heterocycles. The molecule has 3 atom stereocenters. The van der Waals surface area contributed by atoms with E-state index in [9.17, 15) is 18.0 Å². The van der Waals surface area contributed by atoms with Crippen molar-refractivity contribution in [3.05, 3.63) is 64.2 Å². The van der Waals surface area contributed by atoms with Crippen molar-refractivity contribution < 1.29 is 27.5 Å². The molecule has 0 bridgehead atoms. The summed E-state index contributed by atoms with van der Waals surface area (Å²) in [5.74, 6) is -3.61. The zero-order chi connectivity index (χ0) is 24.5. The first-order valence-corrected chi connectivity index (χ1v) is 12.6. The summed E-state index contributed by atoms with van der Waals surface area (Å²) in [6.45, 7) is 8.61. The van der Waals surface area contributed by atoms with Gasteiger partial charge in [-0.2, -0.15) is 0 Å². The zero-order valence-electron chi connectivity index (χ0n) is 19.2. The Kier molecular flexibility index (Phi) is 7.51. The van der Waals surface area contributed by atoms with Crippen molar-refractivity contribution in [3.63, 3.8) is 0 Å². The van der Waals surface area contributed by atoms with Crippen LogP contribution in [0.3, 0.4) is 0 Å². The molecule has 3 rings (SSSR count). The Morgan fingerprint density at radius 1 is 0.939 bits per heavy atom. The van der Waals surface area contributed by atoms with Gasteiger partial charge in [0.15, 0.2) is 0 Å². The molecule has 2 aromatic rings. The molecular formula is C24H28ClNO6S. The first-order chi connectivity index (χ1) is 15.4. The van der Waals surface area contributed by atoms with Crippen LogP contribution in [0.1, 0.15) is 56.3 Å². The fraction of sp³-hybridized carbons (Fsp3) is 0.417. The van der Waals surface area contributed by atoms with Crippen LogP contribution in [0.25, 0.3) is 0 Å². The minimum Gasteiger partial charge on any atom is -0.463 e. The number of fused-ring (bicyclic) bond motifs is 1. The minimum absolute atomic E-state index is 0.0332. The van der Waals surface area contributed by atoms with Crippen molar-refractivity contribution in [3.8, 4) is 0 Å². The topological polar surface area (TPSA) is 98.8 Å². The standard InChI is InChI=1S/C24H28ClNO6S/c1-13(2)31-23(27)20-17-7-6-8-18(25)19(17)22(21(20)24(28)32-14(3)4)26-33(29,30)16-11-9-15(5)10-12-16/h6-14,20-22,26H,1-5H3/t20-,21+,22+/m0/s1. The molecule has 178 valence electrons. The van der Waals surface area contributed by atoms with Crippen LogP contribution in [0.4, 0.5) is 0 Å². The molecular weight excluding hydrogens is 466 g/mol. The third kappa shape index (κ3) is 5.39. The van der Waals surface area contributed by atoms with Gasteiger partial charge >= 0.3 is 11.9 Å². The summed E-state index contributed by atoms with van der Waals surface area (Å²) in [7, 11) is -4.06. The van der Waals surface area contributed by atoms with E-state index in [0.29, 0.717) is 11.1 Å². The highest BCUT2D eigenvalue weighted by molar-refractivity contribution is 7.89. The SMILES string of the molecule is Cc1ccc(S(=O)(=O)N[C@@H]2c3c(Cl)cccc3[C@H](C(=O)OC(C)C)[C@H]2C(=O)OC(C)C)cc1. The van der Waals surface area contributed by atoms with E-state index in [-0.39, 0.29) is 9.92 Å². The first-order valence-electron chi connectivity index (χ1n) is 10.7. The number of hydrogen-bond donors (Lipinski definition) is 1. The van der Waals surface area contributed by atoms with E-state index in [1.807, 2.05) is 6.92 Å². The van der Waals surface area contributed by atoms with Crippen molar-refractivity contribution in [2.75, 3.05) is 0 Å². The molecule has 0 heterocycles. The van der Waals surface area contributed by atoms with E-state index in [1.165, 1.54) is 12.1 Å². The maximum Gasteiger partial charge on any atom is 0.314 e. The van der Waals surface area contributed by atoms with Crippen LogP contribution in [0.2, 0.25) is 5.02 Å². The quantitative estimate of drug-likeness (QED) is 0.578. The van der Waals surface area contributed by atoms with Crippen molar-refractivity contribution >= 4 is 33.6 Å². The van der Waals surface area contributed by atoms with Crippen LogP contribution in [-0.2, 0) is 29.1 Å². The molecule has 0 saturated heterocycles. The predicted octanol–water partition coefficient (Wildman–Crippen LogP) is 4.28. The average molecular weight is 494 g/mol. The Balaban J connectivity index is 2.13. The number of ether oxygens (including phenoxy) is 2. The molecule has 7 nitrogen and oxygen atoms in total. The van der Waals surface area contributed by atoms with Gasteiger partial charge < -0.3 is 9.47 Å². The molecule has 1 N–H and O–H groups in total. The van der Waals surface area contributed by atoms with Crippen molar-refractivity contribution in [2.24, 2.45) is 5.92 Å². The molecule has 2 aromatic carbocycles. The van der Waals surface area contributed by atoms with E-state index in [0.717, 1.165) is 5.56 Å². The summed E-state index contributed by atoms with van der Waals surface area (Å²) < 4.78 is 40.0. The minimum atomic E-state index is -4.06. The second kappa shape index (κ2) is 9.83. The van der Waals surface area contributed by atoms with Gasteiger partial charge in [-0.15, -0.1) is 0 Å². The van der Waals surface area contributed by atoms with Gasteiger partial charge in [0, 0.05) is 5.02 Å². The van der Waals surface area contributed by atoms with Crippen molar-refractivity contribution in [2.45, 2.75) is 63.7 Å². The van der Waals surface area contributed by atoms with Crippen LogP contribution in [0.15, 0.2) is 47.4 Å². The first kappa shape index (κ1) is 25.2. The van der Waals surface area contributed by atoms with E-state index in [1.54, 1.807) is 58.0 Å². The van der Waals surface area contributed by atoms with E-state index < -0.39 is 52.0 Å². The number of esters is 2. The lowest BCUT2D eigenvalue weighted by Gasteiger charge is -2.25. The van der Waals surface area contributed by atoms with Crippen LogP contribution >= 0.6 is 11.6 Å². The summed E-state index contributed by atoms with van der Waals surface area (Å²) in [6.07, 6.45) is -0.891. The van der Waals surface area contributed by atoms with Crippen LogP contribution in [0, 0.1) is 12.8 Å². The lowest BCUT2D eigenvalue weighted by atomic mass is 9.91. The number of carbonyl (C=O) groups excluding carboxylic acids is 2. The molecule has 0 spiro atoms. The second-order valence-corrected chi connectivity index (χ2v) is 10.8. The van der Waals surface area contributed by atoms with Gasteiger partial charge in [-0.05, 0) is 63.9 Å². The highest BCUT2D eigenvalue weighted by Gasteiger charge is 2.52. The summed E-state index contributed by atoms with van der Waals surface area (Å²) in [5, 5.41) is 0.242. The number of aryl methyl sites for hydroxylation is 1. The number of hydrogen-bond acceptors (Lipinski definition) is 6. The van der Waals surface area contributed by atoms with Crippen LogP contribution in [-0.4, -0.2) is 32.6 Å². The fourth-order valence-electron chi connectivity index (χ4n) is 3.97. The van der Waals surface area contributed by atoms with Crippen molar-refractivity contribution in [1.82, 2.24) is 4.72 Å². The predicted molar refractivity (Wildman–Crippen MR) is 124 cm³/mol. The summed E-state index contributed by atoms with van der Waals surface area (Å²) in [5.41, 5.74) is 1.71. The molecule has 1 aliphatic rings. The lowest BCUT2D eigenvalue weighted by Crippen LogP contribution is -2.39. The summed E-state index contributed by atoms with van der Waals surface area (Å²) in [6, 6.07) is 10.1. The van der Waals surface area contributed by atoms with Gasteiger partial charge in [0.1, 0.15) is 0 Å². The number of sulfonamides is 1. The number of rotatable bonds is 7. The smallest absolute Gasteiger partial charge is 0.314 e. The second-order valence-electron chi connectivity index (χ2n) is 8.63. The largest absolute Gasteiger partial charge is 0.463 e. The fourth-order valence-corrected chi connectivity index (χ4v) is 5.49. The Bertz CT molecular complexity index is 1140. The van der Waals surface area contributed by atoms with E-state index in [2.05, 4.69) is 4.72 Å². The average Bonchev–Trinajstić information content (AvgIpc) is 3.02. The highest BCUT2D eigenvalue weighted by atomic mass is 35.5. The van der Waals surface area contributed by atoms with Gasteiger partial charge in [-0.3, -0.25) is 9.59 Å². The van der Waals surface area contributed by atoms with Gasteiger partial charge in [0.05, 0.1) is 35.0 Å². The normalized spacial score (nSPS) is 20.1. The maximum absolute atomic E-state index is 13.2. The van der Waals surface area contributed by atoms with E-state index >= 15 is 0 Å². The highest BCUT2D eigenvalue weighted by Crippen LogP contribution is 2.49. The lowest BCUT2D eigenvalue weighted by molar-refractivity contribution is -0.161. The third-order valence-electron chi connectivity index (χ3n) is 5.29. The Morgan fingerprint density at radius 2 is 1.52 bits per heavy atom. The number of benzene rings is 2. The molecule has 0 fully saturated rings. The van der Waals surface area contributed by atoms with Crippen molar-refractivity contribution in [1.29, 1.82) is 0 Å². The molecule has 0 saturated carbocycles. The van der Waals surface area contributed by atoms with Gasteiger partial charge in [0.2, 0.25) is 10.0 Å². The molecule has 0 amide bonds. The number of carbonyl (C=O) groups is 2. The summed E-state index contributed by atoms with van der Waals surface area (Å²) >= 11 is 6.47. The zero-order valence-corrected chi connectivity index (χ0v) is 20.7. The van der Waals surface area contributed by atoms with Crippen LogP contribution < -0.4 is 4.72 Å². The molecule has 0 aliphatic heterocycles. The van der Waals surface area contributed by atoms with Crippen LogP contribution in [0.5, 0.6) is 0 Å². The maximum atomic E-state index is 13.2. The van der Waals surface area contributed by atoms with Gasteiger partial charge in [-0.25, -0.2) is 13.1 Å². The monoisotopic (exact) mass is 493 g/mol. The Hall–Kier alpha value is -2.42. The number of nitrogens with one attached hydrogen (secondary N) is 1. The molecule has 1 aliphatic carbocycles. The third-order valence-corrected chi connectivity index (χ3v) is 7.08. The Labute approximate surface area is 199 Å².